The third-order valence-electron chi connectivity index (χ3n) is 5.31. The zero-order valence-electron chi connectivity index (χ0n) is 15.3. The van der Waals surface area contributed by atoms with Gasteiger partial charge in [-0.05, 0) is 33.3 Å². The summed E-state index contributed by atoms with van der Waals surface area (Å²) in [6, 6.07) is 1.91. The first-order valence-electron chi connectivity index (χ1n) is 8.87. The van der Waals surface area contributed by atoms with Crippen molar-refractivity contribution >= 4 is 11.8 Å². The van der Waals surface area contributed by atoms with Crippen molar-refractivity contribution in [2.75, 3.05) is 32.7 Å². The Bertz CT molecular complexity index is 683. The minimum Gasteiger partial charge on any atom is -0.337 e. The van der Waals surface area contributed by atoms with Gasteiger partial charge in [-0.2, -0.15) is 5.10 Å². The summed E-state index contributed by atoms with van der Waals surface area (Å²) in [7, 11) is 0. The number of H-pyrrole nitrogens is 1. The van der Waals surface area contributed by atoms with Crippen LogP contribution in [0, 0.1) is 6.92 Å². The Balaban J connectivity index is 1.85. The molecule has 7 heteroatoms. The molecule has 3 heterocycles. The lowest BCUT2D eigenvalue weighted by Gasteiger charge is -2.48. The zero-order chi connectivity index (χ0) is 18.2. The fourth-order valence-corrected chi connectivity index (χ4v) is 3.95. The highest BCUT2D eigenvalue weighted by Crippen LogP contribution is 2.34. The number of aromatic nitrogens is 2. The molecule has 2 fully saturated rings. The van der Waals surface area contributed by atoms with Gasteiger partial charge in [0, 0.05) is 44.5 Å². The van der Waals surface area contributed by atoms with Crippen LogP contribution in [0.5, 0.6) is 0 Å². The van der Waals surface area contributed by atoms with E-state index in [-0.39, 0.29) is 17.9 Å². The molecule has 136 valence electrons. The number of hydrogen-bond acceptors (Lipinski definition) is 4. The molecule has 1 atom stereocenters. The summed E-state index contributed by atoms with van der Waals surface area (Å²) in [6.45, 7) is 12.9. The summed E-state index contributed by atoms with van der Waals surface area (Å²) in [5.41, 5.74) is 0.622. The number of amides is 2. The lowest BCUT2D eigenvalue weighted by Crippen LogP contribution is -2.68. The maximum Gasteiger partial charge on any atom is 0.274 e. The Morgan fingerprint density at radius 1 is 1.44 bits per heavy atom. The molecule has 2 aliphatic heterocycles. The molecule has 0 radical (unpaired) electrons. The second kappa shape index (κ2) is 6.63. The van der Waals surface area contributed by atoms with Crippen molar-refractivity contribution in [3.8, 4) is 0 Å². The maximum atomic E-state index is 13.3. The normalized spacial score (nSPS) is 24.6. The number of rotatable bonds is 4. The van der Waals surface area contributed by atoms with Gasteiger partial charge in [-0.1, -0.05) is 6.08 Å². The highest BCUT2D eigenvalue weighted by Gasteiger charge is 2.54. The highest BCUT2D eigenvalue weighted by atomic mass is 16.2. The third kappa shape index (κ3) is 2.97. The Kier molecular flexibility index (Phi) is 4.69. The molecule has 2 amide bonds. The van der Waals surface area contributed by atoms with E-state index in [0.717, 1.165) is 18.8 Å². The average Bonchev–Trinajstić information content (AvgIpc) is 3.19. The fourth-order valence-electron chi connectivity index (χ4n) is 3.95. The summed E-state index contributed by atoms with van der Waals surface area (Å²) in [4.78, 5) is 31.9. The van der Waals surface area contributed by atoms with Gasteiger partial charge in [-0.25, -0.2) is 0 Å². The monoisotopic (exact) mass is 345 g/mol. The van der Waals surface area contributed by atoms with Crippen molar-refractivity contribution < 1.29 is 9.59 Å². The van der Waals surface area contributed by atoms with Crippen LogP contribution >= 0.6 is 0 Å². The summed E-state index contributed by atoms with van der Waals surface area (Å²) in [5.74, 6) is 0.0124. The van der Waals surface area contributed by atoms with E-state index in [1.54, 1.807) is 11.0 Å². The van der Waals surface area contributed by atoms with Gasteiger partial charge in [0.1, 0.15) is 11.2 Å². The molecule has 1 unspecified atom stereocenters. The number of carbonyl (C=O) groups excluding carboxylic acids is 2. The molecule has 0 saturated carbocycles. The highest BCUT2D eigenvalue weighted by molar-refractivity contribution is 5.95. The van der Waals surface area contributed by atoms with E-state index in [1.807, 2.05) is 31.7 Å². The Labute approximate surface area is 148 Å². The summed E-state index contributed by atoms with van der Waals surface area (Å²) in [5, 5.41) is 6.88. The topological polar surface area (TPSA) is 72.5 Å². The minimum absolute atomic E-state index is 0.116. The van der Waals surface area contributed by atoms with E-state index in [0.29, 0.717) is 31.7 Å². The molecule has 2 saturated heterocycles. The van der Waals surface area contributed by atoms with Crippen molar-refractivity contribution in [2.24, 2.45) is 0 Å². The molecular formula is C18H27N5O2. The van der Waals surface area contributed by atoms with Crippen LogP contribution in [0.15, 0.2) is 18.7 Å². The first-order chi connectivity index (χ1) is 11.9. The second-order valence-electron chi connectivity index (χ2n) is 7.27. The minimum atomic E-state index is -0.641. The molecule has 1 N–H and O–H groups in total. The first kappa shape index (κ1) is 17.7. The maximum absolute atomic E-state index is 13.3. The van der Waals surface area contributed by atoms with E-state index in [2.05, 4.69) is 21.7 Å². The van der Waals surface area contributed by atoms with E-state index in [1.165, 1.54) is 0 Å². The number of likely N-dealkylation sites (tertiary alicyclic amines) is 1. The van der Waals surface area contributed by atoms with Gasteiger partial charge in [0.25, 0.3) is 5.91 Å². The van der Waals surface area contributed by atoms with Crippen LogP contribution in [-0.2, 0) is 4.79 Å². The Morgan fingerprint density at radius 2 is 2.20 bits per heavy atom. The standard InChI is InChI=1S/C18H27N5O2/c1-5-7-22-9-10-23(13(2)3)17(25)18(22)6-8-21(12-18)16(24)15-11-14(4)19-20-15/h5,11,13H,1,6-10,12H2,2-4H3,(H,19,20). The molecule has 3 rings (SSSR count). The number of nitrogens with zero attached hydrogens (tertiary/aromatic N) is 4. The van der Waals surface area contributed by atoms with Gasteiger partial charge in [0.2, 0.25) is 5.91 Å². The summed E-state index contributed by atoms with van der Waals surface area (Å²) < 4.78 is 0. The number of nitrogens with one attached hydrogen (secondary N) is 1. The van der Waals surface area contributed by atoms with Crippen molar-refractivity contribution in [3.63, 3.8) is 0 Å². The number of carbonyl (C=O) groups is 2. The Hall–Kier alpha value is -2.15. The van der Waals surface area contributed by atoms with Crippen LogP contribution < -0.4 is 0 Å². The molecule has 0 aliphatic carbocycles. The third-order valence-corrected chi connectivity index (χ3v) is 5.31. The van der Waals surface area contributed by atoms with E-state index < -0.39 is 5.54 Å². The predicted octanol–water partition coefficient (Wildman–Crippen LogP) is 1.04. The number of piperazine rings is 1. The summed E-state index contributed by atoms with van der Waals surface area (Å²) >= 11 is 0. The van der Waals surface area contributed by atoms with Crippen LogP contribution in [0.2, 0.25) is 0 Å². The zero-order valence-corrected chi connectivity index (χ0v) is 15.3. The molecule has 25 heavy (non-hydrogen) atoms. The van der Waals surface area contributed by atoms with E-state index in [9.17, 15) is 9.59 Å². The number of hydrogen-bond donors (Lipinski definition) is 1. The molecule has 0 bridgehead atoms. The smallest absolute Gasteiger partial charge is 0.274 e. The van der Waals surface area contributed by atoms with Crippen LogP contribution in [0.4, 0.5) is 0 Å². The van der Waals surface area contributed by atoms with Gasteiger partial charge in [0.05, 0.1) is 0 Å². The van der Waals surface area contributed by atoms with Crippen LogP contribution in [0.3, 0.4) is 0 Å². The largest absolute Gasteiger partial charge is 0.337 e. The molecule has 1 aromatic rings. The number of aromatic amines is 1. The Morgan fingerprint density at radius 3 is 2.80 bits per heavy atom. The quantitative estimate of drug-likeness (QED) is 0.828. The van der Waals surface area contributed by atoms with Crippen LogP contribution in [0.25, 0.3) is 0 Å². The summed E-state index contributed by atoms with van der Waals surface area (Å²) in [6.07, 6.45) is 2.49. The van der Waals surface area contributed by atoms with Gasteiger partial charge < -0.3 is 9.80 Å². The van der Waals surface area contributed by atoms with Crippen LogP contribution in [0.1, 0.15) is 36.5 Å². The van der Waals surface area contributed by atoms with Gasteiger partial charge in [0.15, 0.2) is 0 Å². The van der Waals surface area contributed by atoms with E-state index >= 15 is 0 Å². The average molecular weight is 345 g/mol. The predicted molar refractivity (Wildman–Crippen MR) is 95.2 cm³/mol. The molecule has 7 nitrogen and oxygen atoms in total. The van der Waals surface area contributed by atoms with Crippen molar-refractivity contribution in [3.05, 3.63) is 30.1 Å². The molecular weight excluding hydrogens is 318 g/mol. The molecule has 0 aromatic carbocycles. The number of aryl methyl sites for hydroxylation is 1. The fraction of sp³-hybridized carbons (Fsp3) is 0.611. The lowest BCUT2D eigenvalue weighted by atomic mass is 9.90. The van der Waals surface area contributed by atoms with Gasteiger partial charge in [-0.15, -0.1) is 6.58 Å². The van der Waals surface area contributed by atoms with Gasteiger partial charge >= 0.3 is 0 Å². The first-order valence-corrected chi connectivity index (χ1v) is 8.87. The van der Waals surface area contributed by atoms with Crippen molar-refractivity contribution in [2.45, 2.75) is 38.8 Å². The van der Waals surface area contributed by atoms with Crippen molar-refractivity contribution in [1.82, 2.24) is 24.9 Å². The SMILES string of the molecule is C=CCN1CCN(C(C)C)C(=O)C12CCN(C(=O)c1cc(C)[nH]n1)C2. The van der Waals surface area contributed by atoms with Crippen molar-refractivity contribution in [1.29, 1.82) is 0 Å². The van der Waals surface area contributed by atoms with Gasteiger partial charge in [-0.3, -0.25) is 19.6 Å². The second-order valence-corrected chi connectivity index (χ2v) is 7.27. The van der Waals surface area contributed by atoms with Crippen LogP contribution in [-0.4, -0.2) is 81.0 Å². The molecule has 1 aromatic heterocycles. The lowest BCUT2D eigenvalue weighted by molar-refractivity contribution is -0.152. The molecule has 2 aliphatic rings. The van der Waals surface area contributed by atoms with E-state index in [4.69, 9.17) is 0 Å². The molecule has 1 spiro atoms.